The Balaban J connectivity index is 2.57. The summed E-state index contributed by atoms with van der Waals surface area (Å²) >= 11 is 0. The van der Waals surface area contributed by atoms with Gasteiger partial charge in [-0.25, -0.2) is 0 Å². The van der Waals surface area contributed by atoms with Crippen LogP contribution < -0.4 is 5.73 Å². The van der Waals surface area contributed by atoms with Gasteiger partial charge in [-0.2, -0.15) is 0 Å². The first-order valence-electron chi connectivity index (χ1n) is 6.15. The molecule has 1 aliphatic heterocycles. The summed E-state index contributed by atoms with van der Waals surface area (Å²) in [5.74, 6) is 0. The van der Waals surface area contributed by atoms with Crippen molar-refractivity contribution in [3.05, 3.63) is 0 Å². The minimum Gasteiger partial charge on any atom is -0.381 e. The van der Waals surface area contributed by atoms with Gasteiger partial charge < -0.3 is 15.4 Å². The summed E-state index contributed by atoms with van der Waals surface area (Å²) in [7, 11) is 0. The predicted molar refractivity (Wildman–Crippen MR) is 63.9 cm³/mol. The molecular weight excluding hydrogens is 188 g/mol. The smallest absolute Gasteiger partial charge is 0.0472 e. The molecular formula is C12H26N2O. The monoisotopic (exact) mass is 214 g/mol. The minimum absolute atomic E-state index is 0.304. The molecule has 1 rings (SSSR count). The molecule has 2 N–H and O–H groups in total. The minimum atomic E-state index is 0.304. The molecule has 0 aliphatic carbocycles. The second-order valence-electron chi connectivity index (χ2n) is 4.97. The molecule has 1 fully saturated rings. The standard InChI is InChI=1S/C12H26N2O/c1-4-14(11(2)3)10-12(9-13)5-7-15-8-6-12/h11H,4-10,13H2,1-3H3. The van der Waals surface area contributed by atoms with Crippen LogP contribution in [0.15, 0.2) is 0 Å². The highest BCUT2D eigenvalue weighted by atomic mass is 16.5. The highest BCUT2D eigenvalue weighted by molar-refractivity contribution is 4.86. The lowest BCUT2D eigenvalue weighted by Gasteiger charge is -2.41. The number of ether oxygens (including phenoxy) is 1. The fourth-order valence-electron chi connectivity index (χ4n) is 2.32. The summed E-state index contributed by atoms with van der Waals surface area (Å²) in [6.07, 6.45) is 2.24. The van der Waals surface area contributed by atoms with Crippen LogP contribution in [0.1, 0.15) is 33.6 Å². The molecule has 90 valence electrons. The Kier molecular flexibility index (Phi) is 5.03. The zero-order valence-corrected chi connectivity index (χ0v) is 10.5. The molecule has 1 heterocycles. The van der Waals surface area contributed by atoms with Gasteiger partial charge in [-0.3, -0.25) is 0 Å². The van der Waals surface area contributed by atoms with Crippen LogP contribution in [0.25, 0.3) is 0 Å². The molecule has 0 unspecified atom stereocenters. The van der Waals surface area contributed by atoms with E-state index in [4.69, 9.17) is 10.5 Å². The number of rotatable bonds is 5. The largest absolute Gasteiger partial charge is 0.381 e. The van der Waals surface area contributed by atoms with E-state index in [9.17, 15) is 0 Å². The third kappa shape index (κ3) is 3.44. The lowest BCUT2D eigenvalue weighted by Crippen LogP contribution is -2.47. The molecule has 0 aromatic rings. The van der Waals surface area contributed by atoms with E-state index in [-0.39, 0.29) is 0 Å². The van der Waals surface area contributed by atoms with Crippen molar-refractivity contribution < 1.29 is 4.74 Å². The van der Waals surface area contributed by atoms with Crippen LogP contribution in [0.5, 0.6) is 0 Å². The normalized spacial score (nSPS) is 21.2. The van der Waals surface area contributed by atoms with Crippen LogP contribution in [-0.2, 0) is 4.74 Å². The Morgan fingerprint density at radius 1 is 1.33 bits per heavy atom. The number of nitrogens with two attached hydrogens (primary N) is 1. The number of nitrogens with zero attached hydrogens (tertiary/aromatic N) is 1. The van der Waals surface area contributed by atoms with Gasteiger partial charge in [-0.05, 0) is 45.2 Å². The van der Waals surface area contributed by atoms with E-state index in [0.29, 0.717) is 11.5 Å². The molecule has 1 aliphatic rings. The van der Waals surface area contributed by atoms with Crippen molar-refractivity contribution in [2.75, 3.05) is 32.8 Å². The maximum atomic E-state index is 5.96. The molecule has 1 saturated heterocycles. The zero-order valence-electron chi connectivity index (χ0n) is 10.5. The van der Waals surface area contributed by atoms with Crippen LogP contribution >= 0.6 is 0 Å². The van der Waals surface area contributed by atoms with E-state index in [1.165, 1.54) is 0 Å². The molecule has 0 spiro atoms. The fraction of sp³-hybridized carbons (Fsp3) is 1.00. The van der Waals surface area contributed by atoms with Crippen molar-refractivity contribution in [3.63, 3.8) is 0 Å². The van der Waals surface area contributed by atoms with Gasteiger partial charge in [0.1, 0.15) is 0 Å². The first kappa shape index (κ1) is 12.9. The molecule has 15 heavy (non-hydrogen) atoms. The average molecular weight is 214 g/mol. The molecule has 0 aromatic heterocycles. The Labute approximate surface area is 94.0 Å². The van der Waals surface area contributed by atoms with Crippen molar-refractivity contribution in [3.8, 4) is 0 Å². The predicted octanol–water partition coefficient (Wildman–Crippen LogP) is 1.47. The Hall–Kier alpha value is -0.120. The summed E-state index contributed by atoms with van der Waals surface area (Å²) < 4.78 is 5.43. The zero-order chi connectivity index (χ0) is 11.3. The molecule has 3 nitrogen and oxygen atoms in total. The van der Waals surface area contributed by atoms with Crippen molar-refractivity contribution in [1.29, 1.82) is 0 Å². The molecule has 0 atom stereocenters. The highest BCUT2D eigenvalue weighted by Crippen LogP contribution is 2.30. The first-order chi connectivity index (χ1) is 7.13. The highest BCUT2D eigenvalue weighted by Gasteiger charge is 2.33. The Bertz CT molecular complexity index is 176. The van der Waals surface area contributed by atoms with Crippen molar-refractivity contribution in [2.45, 2.75) is 39.7 Å². The van der Waals surface area contributed by atoms with Gasteiger partial charge >= 0.3 is 0 Å². The van der Waals surface area contributed by atoms with Gasteiger partial charge in [-0.1, -0.05) is 6.92 Å². The second kappa shape index (κ2) is 5.83. The maximum Gasteiger partial charge on any atom is 0.0472 e. The van der Waals surface area contributed by atoms with Crippen molar-refractivity contribution >= 4 is 0 Å². The quantitative estimate of drug-likeness (QED) is 0.753. The summed E-state index contributed by atoms with van der Waals surface area (Å²) in [5.41, 5.74) is 6.26. The summed E-state index contributed by atoms with van der Waals surface area (Å²) in [5, 5.41) is 0. The van der Waals surface area contributed by atoms with E-state index in [2.05, 4.69) is 25.7 Å². The van der Waals surface area contributed by atoms with Gasteiger partial charge in [0.25, 0.3) is 0 Å². The van der Waals surface area contributed by atoms with Gasteiger partial charge in [0, 0.05) is 25.8 Å². The van der Waals surface area contributed by atoms with Gasteiger partial charge in [0.15, 0.2) is 0 Å². The van der Waals surface area contributed by atoms with Crippen LogP contribution in [0.3, 0.4) is 0 Å². The third-order valence-electron chi connectivity index (χ3n) is 3.66. The topological polar surface area (TPSA) is 38.5 Å². The van der Waals surface area contributed by atoms with Gasteiger partial charge in [-0.15, -0.1) is 0 Å². The molecule has 0 aromatic carbocycles. The molecule has 0 amide bonds. The van der Waals surface area contributed by atoms with Crippen molar-refractivity contribution in [2.24, 2.45) is 11.1 Å². The molecule has 3 heteroatoms. The number of hydrogen-bond donors (Lipinski definition) is 1. The first-order valence-corrected chi connectivity index (χ1v) is 6.15. The molecule has 0 bridgehead atoms. The average Bonchev–Trinajstić information content (AvgIpc) is 2.27. The summed E-state index contributed by atoms with van der Waals surface area (Å²) in [6, 6.07) is 0.612. The maximum absolute atomic E-state index is 5.96. The SMILES string of the molecule is CCN(CC1(CN)CCOCC1)C(C)C. The van der Waals surface area contributed by atoms with Crippen LogP contribution in [0.4, 0.5) is 0 Å². The fourth-order valence-corrected chi connectivity index (χ4v) is 2.32. The lowest BCUT2D eigenvalue weighted by molar-refractivity contribution is -0.00425. The molecule has 0 saturated carbocycles. The summed E-state index contributed by atoms with van der Waals surface area (Å²) in [4.78, 5) is 2.51. The van der Waals surface area contributed by atoms with Crippen LogP contribution in [0.2, 0.25) is 0 Å². The Morgan fingerprint density at radius 2 is 1.93 bits per heavy atom. The van der Waals surface area contributed by atoms with Gasteiger partial charge in [0.2, 0.25) is 0 Å². The third-order valence-corrected chi connectivity index (χ3v) is 3.66. The molecule has 0 radical (unpaired) electrons. The van der Waals surface area contributed by atoms with E-state index >= 15 is 0 Å². The number of hydrogen-bond acceptors (Lipinski definition) is 3. The van der Waals surface area contributed by atoms with Crippen LogP contribution in [0, 0.1) is 5.41 Å². The second-order valence-corrected chi connectivity index (χ2v) is 4.97. The van der Waals surface area contributed by atoms with Gasteiger partial charge in [0.05, 0.1) is 0 Å². The Morgan fingerprint density at radius 3 is 2.33 bits per heavy atom. The summed E-state index contributed by atoms with van der Waals surface area (Å²) in [6.45, 7) is 11.5. The lowest BCUT2D eigenvalue weighted by atomic mass is 9.79. The van der Waals surface area contributed by atoms with Crippen LogP contribution in [-0.4, -0.2) is 43.8 Å². The van der Waals surface area contributed by atoms with Crippen molar-refractivity contribution in [1.82, 2.24) is 4.90 Å². The van der Waals surface area contributed by atoms with E-state index in [0.717, 1.165) is 45.7 Å². The van der Waals surface area contributed by atoms with E-state index in [1.807, 2.05) is 0 Å². The van der Waals surface area contributed by atoms with E-state index < -0.39 is 0 Å². The van der Waals surface area contributed by atoms with E-state index in [1.54, 1.807) is 0 Å².